The minimum absolute atomic E-state index is 0.711. The van der Waals surface area contributed by atoms with Crippen molar-refractivity contribution in [1.82, 2.24) is 19.9 Å². The highest BCUT2D eigenvalue weighted by Crippen LogP contribution is 2.39. The smallest absolute Gasteiger partial charge is 0.160 e. The second kappa shape index (κ2) is 13.7. The fraction of sp³-hybridized carbons (Fsp3) is 0. The van der Waals surface area contributed by atoms with Gasteiger partial charge in [0.15, 0.2) is 5.82 Å². The van der Waals surface area contributed by atoms with Crippen LogP contribution < -0.4 is 0 Å². The molecule has 0 spiro atoms. The van der Waals surface area contributed by atoms with Gasteiger partial charge >= 0.3 is 0 Å². The molecule has 0 bridgehead atoms. The van der Waals surface area contributed by atoms with Gasteiger partial charge in [-0.25, -0.2) is 9.97 Å². The molecule has 0 aliphatic heterocycles. The molecule has 6 aromatic carbocycles. The number of nitrogens with zero attached hydrogens (tertiary/aromatic N) is 4. The molecule has 9 rings (SSSR count). The summed E-state index contributed by atoms with van der Waals surface area (Å²) in [4.78, 5) is 18.5. The van der Waals surface area contributed by atoms with E-state index in [1.165, 1.54) is 21.9 Å². The van der Waals surface area contributed by atoms with E-state index in [1.807, 2.05) is 61.2 Å². The Morgan fingerprint density at radius 2 is 0.692 bits per heavy atom. The van der Waals surface area contributed by atoms with Gasteiger partial charge in [0.2, 0.25) is 0 Å². The number of benzene rings is 6. The zero-order chi connectivity index (χ0) is 34.7. The fourth-order valence-electron chi connectivity index (χ4n) is 6.90. The first kappa shape index (κ1) is 31.0. The van der Waals surface area contributed by atoms with Gasteiger partial charge in [-0.1, -0.05) is 121 Å². The third-order valence-electron chi connectivity index (χ3n) is 9.51. The lowest BCUT2D eigenvalue weighted by atomic mass is 9.89. The first-order chi connectivity index (χ1) is 25.8. The van der Waals surface area contributed by atoms with E-state index in [-0.39, 0.29) is 0 Å². The molecule has 3 heterocycles. The van der Waals surface area contributed by atoms with Crippen LogP contribution in [0.25, 0.3) is 89.2 Å². The molecule has 3 aromatic heterocycles. The van der Waals surface area contributed by atoms with Crippen LogP contribution in [-0.4, -0.2) is 19.9 Å². The molecule has 0 saturated carbocycles. The van der Waals surface area contributed by atoms with E-state index in [2.05, 4.69) is 143 Å². The highest BCUT2D eigenvalue weighted by Gasteiger charge is 2.14. The number of aromatic nitrogens is 4. The summed E-state index contributed by atoms with van der Waals surface area (Å²) < 4.78 is 0. The molecule has 0 aliphatic rings. The van der Waals surface area contributed by atoms with E-state index in [0.29, 0.717) is 5.82 Å². The maximum absolute atomic E-state index is 5.04. The van der Waals surface area contributed by atoms with Crippen LogP contribution in [0.15, 0.2) is 195 Å². The van der Waals surface area contributed by atoms with Crippen molar-refractivity contribution in [3.8, 4) is 78.4 Å². The number of hydrogen-bond donors (Lipinski definition) is 0. The standard InChI is InChI=1S/C48H32N4/c1-3-9-36(10-4-1)46-32-47(52-48(51-46)38-11-5-2-6-12-38)37-17-15-35(16-18-37)42-19-20-43(45-14-8-7-13-44(42)45)41-30-39(33-21-25-49-26-22-33)29-40(31-41)34-23-27-50-28-24-34/h1-32H. The van der Waals surface area contributed by atoms with Crippen LogP contribution in [0.2, 0.25) is 0 Å². The van der Waals surface area contributed by atoms with Gasteiger partial charge < -0.3 is 0 Å². The Labute approximate surface area is 302 Å². The Morgan fingerprint density at radius 1 is 0.269 bits per heavy atom. The molecule has 9 aromatic rings. The third-order valence-corrected chi connectivity index (χ3v) is 9.51. The van der Waals surface area contributed by atoms with Crippen LogP contribution in [-0.2, 0) is 0 Å². The number of hydrogen-bond acceptors (Lipinski definition) is 4. The highest BCUT2D eigenvalue weighted by molar-refractivity contribution is 6.05. The van der Waals surface area contributed by atoms with Gasteiger partial charge in [-0.05, 0) is 104 Å². The summed E-state index contributed by atoms with van der Waals surface area (Å²) in [5.74, 6) is 0.711. The summed E-state index contributed by atoms with van der Waals surface area (Å²) in [6.07, 6.45) is 7.38. The Bertz CT molecular complexity index is 2530. The van der Waals surface area contributed by atoms with Gasteiger partial charge in [-0.15, -0.1) is 0 Å². The molecular formula is C48H32N4. The predicted molar refractivity (Wildman–Crippen MR) is 213 cm³/mol. The SMILES string of the molecule is c1ccc(-c2cc(-c3ccc(-c4ccc(-c5cc(-c6ccncc6)cc(-c6ccncc6)c5)c5ccccc45)cc3)nc(-c3ccccc3)n2)cc1. The number of rotatable bonds is 7. The van der Waals surface area contributed by atoms with Crippen LogP contribution in [0.1, 0.15) is 0 Å². The highest BCUT2D eigenvalue weighted by atomic mass is 14.9. The molecule has 4 nitrogen and oxygen atoms in total. The van der Waals surface area contributed by atoms with Crippen molar-refractivity contribution in [2.24, 2.45) is 0 Å². The maximum atomic E-state index is 5.04. The molecular weight excluding hydrogens is 633 g/mol. The van der Waals surface area contributed by atoms with Crippen LogP contribution in [0, 0.1) is 0 Å². The van der Waals surface area contributed by atoms with Crippen molar-refractivity contribution < 1.29 is 0 Å². The molecule has 0 unspecified atom stereocenters. The minimum Gasteiger partial charge on any atom is -0.265 e. The molecule has 0 fully saturated rings. The van der Waals surface area contributed by atoms with Crippen molar-refractivity contribution in [1.29, 1.82) is 0 Å². The van der Waals surface area contributed by atoms with Crippen molar-refractivity contribution >= 4 is 10.8 Å². The lowest BCUT2D eigenvalue weighted by Crippen LogP contribution is -1.95. The number of pyridine rings is 2. The van der Waals surface area contributed by atoms with E-state index in [4.69, 9.17) is 9.97 Å². The van der Waals surface area contributed by atoms with Crippen molar-refractivity contribution in [2.75, 3.05) is 0 Å². The largest absolute Gasteiger partial charge is 0.265 e. The summed E-state index contributed by atoms with van der Waals surface area (Å²) in [7, 11) is 0. The average molecular weight is 665 g/mol. The Morgan fingerprint density at radius 3 is 1.23 bits per heavy atom. The third kappa shape index (κ3) is 6.14. The molecule has 4 heteroatoms. The van der Waals surface area contributed by atoms with Gasteiger partial charge in [0, 0.05) is 41.5 Å². The van der Waals surface area contributed by atoms with E-state index in [9.17, 15) is 0 Å². The van der Waals surface area contributed by atoms with Crippen LogP contribution in [0.5, 0.6) is 0 Å². The first-order valence-electron chi connectivity index (χ1n) is 17.4. The topological polar surface area (TPSA) is 51.6 Å². The second-order valence-electron chi connectivity index (χ2n) is 12.7. The van der Waals surface area contributed by atoms with Crippen LogP contribution >= 0.6 is 0 Å². The molecule has 244 valence electrons. The zero-order valence-corrected chi connectivity index (χ0v) is 28.3. The van der Waals surface area contributed by atoms with Crippen molar-refractivity contribution in [2.45, 2.75) is 0 Å². The maximum Gasteiger partial charge on any atom is 0.160 e. The Balaban J connectivity index is 1.13. The summed E-state index contributed by atoms with van der Waals surface area (Å²) >= 11 is 0. The summed E-state index contributed by atoms with van der Waals surface area (Å²) in [6, 6.07) is 59.6. The van der Waals surface area contributed by atoms with Gasteiger partial charge in [-0.2, -0.15) is 0 Å². The molecule has 0 N–H and O–H groups in total. The van der Waals surface area contributed by atoms with E-state index in [1.54, 1.807) is 0 Å². The van der Waals surface area contributed by atoms with Gasteiger partial charge in [0.25, 0.3) is 0 Å². The minimum atomic E-state index is 0.711. The van der Waals surface area contributed by atoms with Gasteiger partial charge in [0.05, 0.1) is 11.4 Å². The average Bonchev–Trinajstić information content (AvgIpc) is 3.24. The molecule has 0 aliphatic carbocycles. The predicted octanol–water partition coefficient (Wildman–Crippen LogP) is 12.1. The normalized spacial score (nSPS) is 11.1. The van der Waals surface area contributed by atoms with Crippen LogP contribution in [0.3, 0.4) is 0 Å². The Kier molecular flexibility index (Phi) is 8.16. The Hall–Kier alpha value is -7.04. The van der Waals surface area contributed by atoms with E-state index < -0.39 is 0 Å². The molecule has 0 atom stereocenters. The summed E-state index contributed by atoms with van der Waals surface area (Å²) in [6.45, 7) is 0. The molecule has 0 saturated heterocycles. The summed E-state index contributed by atoms with van der Waals surface area (Å²) in [5, 5.41) is 2.40. The molecule has 0 amide bonds. The second-order valence-corrected chi connectivity index (χ2v) is 12.7. The lowest BCUT2D eigenvalue weighted by Gasteiger charge is -2.15. The van der Waals surface area contributed by atoms with Crippen molar-refractivity contribution in [3.05, 3.63) is 195 Å². The van der Waals surface area contributed by atoms with Crippen LogP contribution in [0.4, 0.5) is 0 Å². The van der Waals surface area contributed by atoms with E-state index >= 15 is 0 Å². The number of fused-ring (bicyclic) bond motifs is 1. The summed E-state index contributed by atoms with van der Waals surface area (Å²) in [5.41, 5.74) is 14.1. The monoisotopic (exact) mass is 664 g/mol. The zero-order valence-electron chi connectivity index (χ0n) is 28.3. The van der Waals surface area contributed by atoms with Gasteiger partial charge in [0.1, 0.15) is 0 Å². The molecule has 52 heavy (non-hydrogen) atoms. The fourth-order valence-corrected chi connectivity index (χ4v) is 6.90. The van der Waals surface area contributed by atoms with Gasteiger partial charge in [-0.3, -0.25) is 9.97 Å². The quantitative estimate of drug-likeness (QED) is 0.170. The van der Waals surface area contributed by atoms with Crippen molar-refractivity contribution in [3.63, 3.8) is 0 Å². The lowest BCUT2D eigenvalue weighted by molar-refractivity contribution is 1.18. The first-order valence-corrected chi connectivity index (χ1v) is 17.4. The van der Waals surface area contributed by atoms with E-state index in [0.717, 1.165) is 61.5 Å². The molecule has 0 radical (unpaired) electrons.